The molecule has 0 radical (unpaired) electrons. The molecule has 0 bridgehead atoms. The van der Waals surface area contributed by atoms with Gasteiger partial charge in [0.25, 0.3) is 11.6 Å². The highest BCUT2D eigenvalue weighted by Crippen LogP contribution is 2.30. The molecule has 9 nitrogen and oxygen atoms in total. The summed E-state index contributed by atoms with van der Waals surface area (Å²) in [5.74, 6) is 0.500. The number of ether oxygens (including phenoxy) is 1. The number of nitro benzene ring substituents is 1. The first-order valence-electron chi connectivity index (χ1n) is 7.55. The summed E-state index contributed by atoms with van der Waals surface area (Å²) in [6.07, 6.45) is 0. The minimum atomic E-state index is -0.480. The average Bonchev–Trinajstić information content (AvgIpc) is 3.07. The van der Waals surface area contributed by atoms with Crippen molar-refractivity contribution < 1.29 is 14.5 Å². The molecule has 0 aliphatic heterocycles. The second-order valence-electron chi connectivity index (χ2n) is 5.32. The summed E-state index contributed by atoms with van der Waals surface area (Å²) in [4.78, 5) is 29.0. The molecule has 3 rings (SSSR count). The summed E-state index contributed by atoms with van der Waals surface area (Å²) in [6, 6.07) is 12.7. The molecule has 0 aliphatic carbocycles. The number of carbonyl (C=O) groups is 1. The number of fused-ring (bicyclic) bond motifs is 1. The van der Waals surface area contributed by atoms with Gasteiger partial charge in [-0.15, -0.1) is 0 Å². The van der Waals surface area contributed by atoms with Gasteiger partial charge in [0.15, 0.2) is 11.7 Å². The van der Waals surface area contributed by atoms with E-state index in [4.69, 9.17) is 10.5 Å². The lowest BCUT2D eigenvalue weighted by atomic mass is 10.2. The molecular weight excluding hydrogens is 338 g/mol. The van der Waals surface area contributed by atoms with Gasteiger partial charge in [0, 0.05) is 24.6 Å². The maximum Gasteiger partial charge on any atom is 0.274 e. The number of hydrogen-bond acceptors (Lipinski definition) is 5. The highest BCUT2D eigenvalue weighted by Gasteiger charge is 2.13. The third-order valence-corrected chi connectivity index (χ3v) is 3.62. The predicted octanol–water partition coefficient (Wildman–Crippen LogP) is 2.54. The van der Waals surface area contributed by atoms with E-state index in [1.165, 1.54) is 31.3 Å². The van der Waals surface area contributed by atoms with Gasteiger partial charge >= 0.3 is 0 Å². The standard InChI is InChI=1S/C17H15N5O4/c1-19-17(18)21-16(23)13-9-10-3-2-4-14(15(10)20-13)26-12-7-5-11(6-8-12)22(24)25/h2-9,20H,1H3,(H3,18,19,21,23). The summed E-state index contributed by atoms with van der Waals surface area (Å²) in [7, 11) is 1.47. The van der Waals surface area contributed by atoms with Gasteiger partial charge in [0.2, 0.25) is 0 Å². The number of benzene rings is 2. The summed E-state index contributed by atoms with van der Waals surface area (Å²) < 4.78 is 5.79. The fourth-order valence-corrected chi connectivity index (χ4v) is 2.34. The molecule has 2 aromatic carbocycles. The van der Waals surface area contributed by atoms with Crippen LogP contribution in [0.15, 0.2) is 53.5 Å². The van der Waals surface area contributed by atoms with Crippen molar-refractivity contribution in [3.8, 4) is 11.5 Å². The second-order valence-corrected chi connectivity index (χ2v) is 5.32. The highest BCUT2D eigenvalue weighted by molar-refractivity contribution is 6.07. The predicted molar refractivity (Wildman–Crippen MR) is 96.5 cm³/mol. The van der Waals surface area contributed by atoms with Gasteiger partial charge in [-0.25, -0.2) is 0 Å². The number of H-pyrrole nitrogens is 1. The van der Waals surface area contributed by atoms with Crippen LogP contribution in [0.5, 0.6) is 11.5 Å². The van der Waals surface area contributed by atoms with Crippen LogP contribution in [-0.2, 0) is 0 Å². The zero-order valence-electron chi connectivity index (χ0n) is 13.7. The van der Waals surface area contributed by atoms with Crippen molar-refractivity contribution in [1.29, 1.82) is 0 Å². The molecule has 0 atom stereocenters. The van der Waals surface area contributed by atoms with Crippen LogP contribution in [0.25, 0.3) is 10.9 Å². The van der Waals surface area contributed by atoms with Crippen molar-refractivity contribution >= 4 is 28.5 Å². The molecule has 9 heteroatoms. The van der Waals surface area contributed by atoms with Crippen LogP contribution in [0, 0.1) is 10.1 Å². The third kappa shape index (κ3) is 3.46. The molecule has 0 unspecified atom stereocenters. The topological polar surface area (TPSA) is 136 Å². The minimum absolute atomic E-state index is 0.0102. The van der Waals surface area contributed by atoms with Gasteiger partial charge in [-0.2, -0.15) is 0 Å². The van der Waals surface area contributed by atoms with E-state index in [2.05, 4.69) is 15.3 Å². The fraction of sp³-hybridized carbons (Fsp3) is 0.0588. The number of nitro groups is 1. The summed E-state index contributed by atoms with van der Waals surface area (Å²) >= 11 is 0. The lowest BCUT2D eigenvalue weighted by Crippen LogP contribution is -2.36. The van der Waals surface area contributed by atoms with Gasteiger partial charge in [-0.1, -0.05) is 12.1 Å². The molecule has 0 saturated carbocycles. The number of rotatable bonds is 4. The number of amides is 1. The Morgan fingerprint density at radius 2 is 2.00 bits per heavy atom. The van der Waals surface area contributed by atoms with E-state index < -0.39 is 10.8 Å². The first kappa shape index (κ1) is 17.0. The maximum absolute atomic E-state index is 12.1. The molecule has 0 fully saturated rings. The number of nitrogens with one attached hydrogen (secondary N) is 2. The van der Waals surface area contributed by atoms with Gasteiger partial charge in [0.1, 0.15) is 11.4 Å². The maximum atomic E-state index is 12.1. The van der Waals surface area contributed by atoms with E-state index in [0.717, 1.165) is 5.39 Å². The summed E-state index contributed by atoms with van der Waals surface area (Å²) in [6.45, 7) is 0. The van der Waals surface area contributed by atoms with Crippen LogP contribution in [0.3, 0.4) is 0 Å². The number of hydrogen-bond donors (Lipinski definition) is 3. The largest absolute Gasteiger partial charge is 0.455 e. The van der Waals surface area contributed by atoms with E-state index >= 15 is 0 Å². The molecule has 1 amide bonds. The number of aromatic nitrogens is 1. The first-order valence-corrected chi connectivity index (χ1v) is 7.55. The van der Waals surface area contributed by atoms with Crippen molar-refractivity contribution in [3.05, 3.63) is 64.3 Å². The van der Waals surface area contributed by atoms with Crippen molar-refractivity contribution in [2.24, 2.45) is 10.7 Å². The minimum Gasteiger partial charge on any atom is -0.455 e. The molecular formula is C17H15N5O4. The Morgan fingerprint density at radius 1 is 1.27 bits per heavy atom. The van der Waals surface area contributed by atoms with Crippen LogP contribution in [0.2, 0.25) is 0 Å². The molecule has 3 aromatic rings. The number of carbonyl (C=O) groups excluding carboxylic acids is 1. The number of nitrogens with zero attached hydrogens (tertiary/aromatic N) is 2. The fourth-order valence-electron chi connectivity index (χ4n) is 2.34. The van der Waals surface area contributed by atoms with Gasteiger partial charge < -0.3 is 15.5 Å². The van der Waals surface area contributed by atoms with E-state index in [1.807, 2.05) is 6.07 Å². The van der Waals surface area contributed by atoms with E-state index in [0.29, 0.717) is 22.7 Å². The van der Waals surface area contributed by atoms with Gasteiger partial charge in [-0.3, -0.25) is 25.2 Å². The normalized spacial score (nSPS) is 11.3. The summed E-state index contributed by atoms with van der Waals surface area (Å²) in [5, 5.41) is 13.9. The molecule has 0 spiro atoms. The number of aliphatic imine (C=N–C) groups is 1. The quantitative estimate of drug-likeness (QED) is 0.287. The lowest BCUT2D eigenvalue weighted by Gasteiger charge is -2.06. The Bertz CT molecular complexity index is 1010. The number of non-ortho nitro benzene ring substituents is 1. The SMILES string of the molecule is CN=C(N)NC(=O)c1cc2cccc(Oc3ccc([N+](=O)[O-])cc3)c2[nH]1. The van der Waals surface area contributed by atoms with Crippen molar-refractivity contribution in [3.63, 3.8) is 0 Å². The molecule has 0 saturated heterocycles. The van der Waals surface area contributed by atoms with Crippen LogP contribution in [0.1, 0.15) is 10.5 Å². The first-order chi connectivity index (χ1) is 12.5. The molecule has 132 valence electrons. The van der Waals surface area contributed by atoms with Gasteiger partial charge in [0.05, 0.1) is 10.4 Å². The Morgan fingerprint density at radius 3 is 2.65 bits per heavy atom. The smallest absolute Gasteiger partial charge is 0.274 e. The Labute approximate surface area is 147 Å². The Balaban J connectivity index is 1.89. The number of aromatic amines is 1. The van der Waals surface area contributed by atoms with Crippen LogP contribution >= 0.6 is 0 Å². The number of nitrogens with two attached hydrogens (primary N) is 1. The van der Waals surface area contributed by atoms with Crippen molar-refractivity contribution in [2.75, 3.05) is 7.05 Å². The van der Waals surface area contributed by atoms with E-state index in [1.54, 1.807) is 18.2 Å². The molecule has 1 aromatic heterocycles. The summed E-state index contributed by atoms with van der Waals surface area (Å²) in [5.41, 5.74) is 6.39. The average molecular weight is 353 g/mol. The highest BCUT2D eigenvalue weighted by atomic mass is 16.6. The second kappa shape index (κ2) is 6.93. The zero-order chi connectivity index (χ0) is 18.7. The number of guanidine groups is 1. The Kier molecular flexibility index (Phi) is 4.52. The molecule has 0 aliphatic rings. The third-order valence-electron chi connectivity index (χ3n) is 3.62. The zero-order valence-corrected chi connectivity index (χ0v) is 13.7. The Hall–Kier alpha value is -3.88. The van der Waals surface area contributed by atoms with E-state index in [9.17, 15) is 14.9 Å². The van der Waals surface area contributed by atoms with Crippen molar-refractivity contribution in [2.45, 2.75) is 0 Å². The van der Waals surface area contributed by atoms with Crippen molar-refractivity contribution in [1.82, 2.24) is 10.3 Å². The van der Waals surface area contributed by atoms with Crippen LogP contribution in [0.4, 0.5) is 5.69 Å². The monoisotopic (exact) mass is 353 g/mol. The number of para-hydroxylation sites is 1. The van der Waals surface area contributed by atoms with E-state index in [-0.39, 0.29) is 11.6 Å². The van der Waals surface area contributed by atoms with Gasteiger partial charge in [-0.05, 0) is 24.3 Å². The van der Waals surface area contributed by atoms with Crippen LogP contribution in [-0.4, -0.2) is 28.8 Å². The molecule has 4 N–H and O–H groups in total. The lowest BCUT2D eigenvalue weighted by molar-refractivity contribution is -0.384. The van der Waals surface area contributed by atoms with Crippen LogP contribution < -0.4 is 15.8 Å². The molecule has 26 heavy (non-hydrogen) atoms. The molecule has 1 heterocycles.